The summed E-state index contributed by atoms with van der Waals surface area (Å²) in [6.07, 6.45) is 0.736. The fourth-order valence-electron chi connectivity index (χ4n) is 1.64. The Bertz CT molecular complexity index is 239. The highest BCUT2D eigenvalue weighted by atomic mass is 16.6. The first-order valence-corrected chi connectivity index (χ1v) is 3.97. The van der Waals surface area contributed by atoms with Gasteiger partial charge in [0.25, 0.3) is 0 Å². The normalized spacial score (nSPS) is 33.5. The van der Waals surface area contributed by atoms with Gasteiger partial charge in [-0.1, -0.05) is 5.16 Å². The van der Waals surface area contributed by atoms with Gasteiger partial charge in [0.15, 0.2) is 5.71 Å². The number of aliphatic carboxylic acids is 1. The molecule has 12 heavy (non-hydrogen) atoms. The molecule has 0 saturated carbocycles. The molecule has 0 amide bonds. The maximum absolute atomic E-state index is 10.6. The van der Waals surface area contributed by atoms with Gasteiger partial charge in [-0.3, -0.25) is 0 Å². The summed E-state index contributed by atoms with van der Waals surface area (Å²) in [6, 6.07) is 0. The monoisotopic (exact) mass is 170 g/mol. The van der Waals surface area contributed by atoms with Crippen molar-refractivity contribution in [2.24, 2.45) is 11.1 Å². The Morgan fingerprint density at radius 2 is 2.58 bits per heavy atom. The Balaban J connectivity index is 2.13. The van der Waals surface area contributed by atoms with Gasteiger partial charge in [0, 0.05) is 6.54 Å². The lowest BCUT2D eigenvalue weighted by Crippen LogP contribution is -2.42. The van der Waals surface area contributed by atoms with Crippen molar-refractivity contribution in [1.29, 1.82) is 0 Å². The maximum Gasteiger partial charge on any atom is 0.354 e. The second kappa shape index (κ2) is 2.75. The van der Waals surface area contributed by atoms with E-state index in [4.69, 9.17) is 9.94 Å². The summed E-state index contributed by atoms with van der Waals surface area (Å²) in [5, 5.41) is 15.4. The summed E-state index contributed by atoms with van der Waals surface area (Å²) in [5.41, 5.74) is 0.182. The van der Waals surface area contributed by atoms with E-state index >= 15 is 0 Å². The molecule has 0 radical (unpaired) electrons. The average Bonchev–Trinajstić information content (AvgIpc) is 2.47. The molecule has 2 unspecified atom stereocenters. The van der Waals surface area contributed by atoms with Gasteiger partial charge < -0.3 is 15.3 Å². The minimum absolute atomic E-state index is 0.0104. The van der Waals surface area contributed by atoms with Crippen LogP contribution >= 0.6 is 0 Å². The Labute approximate surface area is 69.4 Å². The highest BCUT2D eigenvalue weighted by Gasteiger charge is 2.39. The standard InChI is InChI=1S/C7H10N2O3/c10-7(11)6-4-1-2-8-3-5(4)12-9-6/h4-5,8H,1-3H2,(H,10,11). The number of carbonyl (C=O) groups is 1. The fraction of sp³-hybridized carbons (Fsp3) is 0.714. The number of hydrogen-bond acceptors (Lipinski definition) is 4. The first-order valence-electron chi connectivity index (χ1n) is 3.97. The highest BCUT2D eigenvalue weighted by molar-refractivity contribution is 6.36. The van der Waals surface area contributed by atoms with E-state index in [9.17, 15) is 4.79 Å². The SMILES string of the molecule is O=C(O)C1=NOC2CNCCC12. The maximum atomic E-state index is 10.6. The van der Waals surface area contributed by atoms with Crippen molar-refractivity contribution in [1.82, 2.24) is 5.32 Å². The Hall–Kier alpha value is -1.10. The summed E-state index contributed by atoms with van der Waals surface area (Å²) < 4.78 is 0. The largest absolute Gasteiger partial charge is 0.477 e. The molecule has 5 heteroatoms. The van der Waals surface area contributed by atoms with Gasteiger partial charge in [-0.2, -0.15) is 0 Å². The van der Waals surface area contributed by atoms with E-state index < -0.39 is 5.97 Å². The van der Waals surface area contributed by atoms with Crippen molar-refractivity contribution in [3.8, 4) is 0 Å². The van der Waals surface area contributed by atoms with Crippen LogP contribution in [0.4, 0.5) is 0 Å². The molecule has 0 bridgehead atoms. The molecule has 1 saturated heterocycles. The summed E-state index contributed by atoms with van der Waals surface area (Å²) in [6.45, 7) is 1.54. The molecule has 66 valence electrons. The van der Waals surface area contributed by atoms with Gasteiger partial charge in [0.2, 0.25) is 0 Å². The first-order chi connectivity index (χ1) is 5.79. The molecule has 1 fully saturated rings. The first kappa shape index (κ1) is 7.54. The van der Waals surface area contributed by atoms with Crippen LogP contribution in [0.15, 0.2) is 5.16 Å². The van der Waals surface area contributed by atoms with Crippen LogP contribution in [0.25, 0.3) is 0 Å². The van der Waals surface area contributed by atoms with E-state index in [2.05, 4.69) is 10.5 Å². The third-order valence-electron chi connectivity index (χ3n) is 2.28. The minimum Gasteiger partial charge on any atom is -0.477 e. The van der Waals surface area contributed by atoms with Crippen molar-refractivity contribution in [3.63, 3.8) is 0 Å². The van der Waals surface area contributed by atoms with Crippen LogP contribution in [0.3, 0.4) is 0 Å². The number of carboxylic acid groups (broad SMARTS) is 1. The van der Waals surface area contributed by atoms with Gasteiger partial charge in [0.1, 0.15) is 6.10 Å². The topological polar surface area (TPSA) is 70.9 Å². The molecule has 0 aliphatic carbocycles. The third kappa shape index (κ3) is 1.06. The van der Waals surface area contributed by atoms with Crippen LogP contribution < -0.4 is 5.32 Å². The molecule has 0 aromatic carbocycles. The number of nitrogens with one attached hydrogen (secondary N) is 1. The van der Waals surface area contributed by atoms with E-state index in [1.54, 1.807) is 0 Å². The lowest BCUT2D eigenvalue weighted by Gasteiger charge is -2.23. The van der Waals surface area contributed by atoms with Crippen molar-refractivity contribution in [3.05, 3.63) is 0 Å². The zero-order chi connectivity index (χ0) is 8.55. The molecule has 2 heterocycles. The number of rotatable bonds is 1. The van der Waals surface area contributed by atoms with Crippen LogP contribution in [-0.4, -0.2) is 36.0 Å². The van der Waals surface area contributed by atoms with E-state index in [0.717, 1.165) is 13.0 Å². The van der Waals surface area contributed by atoms with Crippen LogP contribution in [0.2, 0.25) is 0 Å². The van der Waals surface area contributed by atoms with E-state index in [1.165, 1.54) is 0 Å². The zero-order valence-electron chi connectivity index (χ0n) is 6.49. The van der Waals surface area contributed by atoms with Gasteiger partial charge in [-0.15, -0.1) is 0 Å². The van der Waals surface area contributed by atoms with E-state index in [0.29, 0.717) is 6.54 Å². The van der Waals surface area contributed by atoms with Crippen molar-refractivity contribution in [2.45, 2.75) is 12.5 Å². The summed E-state index contributed by atoms with van der Waals surface area (Å²) >= 11 is 0. The van der Waals surface area contributed by atoms with Crippen LogP contribution in [0, 0.1) is 5.92 Å². The van der Waals surface area contributed by atoms with Crippen LogP contribution in [0.1, 0.15) is 6.42 Å². The number of hydrogen-bond donors (Lipinski definition) is 2. The summed E-state index contributed by atoms with van der Waals surface area (Å²) in [5.74, 6) is -0.965. The number of oxime groups is 1. The molecule has 0 aromatic rings. The molecule has 0 spiro atoms. The van der Waals surface area contributed by atoms with Crippen molar-refractivity contribution >= 4 is 11.7 Å². The quantitative estimate of drug-likeness (QED) is 0.553. The number of fused-ring (bicyclic) bond motifs is 1. The van der Waals surface area contributed by atoms with Crippen molar-refractivity contribution in [2.75, 3.05) is 13.1 Å². The molecule has 0 aromatic heterocycles. The lowest BCUT2D eigenvalue weighted by atomic mass is 9.91. The lowest BCUT2D eigenvalue weighted by molar-refractivity contribution is -0.129. The number of piperidine rings is 1. The molecule has 2 atom stereocenters. The number of nitrogens with zero attached hydrogens (tertiary/aromatic N) is 1. The molecule has 5 nitrogen and oxygen atoms in total. The second-order valence-electron chi connectivity index (χ2n) is 3.02. The number of carboxylic acids is 1. The Morgan fingerprint density at radius 1 is 1.75 bits per heavy atom. The molecular formula is C7H10N2O3. The molecule has 2 aliphatic rings. The van der Waals surface area contributed by atoms with Crippen molar-refractivity contribution < 1.29 is 14.7 Å². The molecular weight excluding hydrogens is 160 g/mol. The Morgan fingerprint density at radius 3 is 3.33 bits per heavy atom. The van der Waals surface area contributed by atoms with Gasteiger partial charge in [-0.05, 0) is 13.0 Å². The average molecular weight is 170 g/mol. The predicted octanol–water partition coefficient (Wildman–Crippen LogP) is -0.565. The smallest absolute Gasteiger partial charge is 0.354 e. The van der Waals surface area contributed by atoms with Gasteiger partial charge in [-0.25, -0.2) is 4.79 Å². The zero-order valence-corrected chi connectivity index (χ0v) is 6.49. The summed E-state index contributed by atoms with van der Waals surface area (Å²) in [4.78, 5) is 15.6. The molecule has 2 aliphatic heterocycles. The fourth-order valence-corrected chi connectivity index (χ4v) is 1.64. The van der Waals surface area contributed by atoms with E-state index in [1.807, 2.05) is 0 Å². The molecule has 2 rings (SSSR count). The minimum atomic E-state index is -0.954. The van der Waals surface area contributed by atoms with Gasteiger partial charge >= 0.3 is 5.97 Å². The van der Waals surface area contributed by atoms with Crippen LogP contribution in [-0.2, 0) is 9.63 Å². The second-order valence-corrected chi connectivity index (χ2v) is 3.02. The predicted molar refractivity (Wildman–Crippen MR) is 40.9 cm³/mol. The Kier molecular flexibility index (Phi) is 1.73. The van der Waals surface area contributed by atoms with E-state index in [-0.39, 0.29) is 17.7 Å². The summed E-state index contributed by atoms with van der Waals surface area (Å²) in [7, 11) is 0. The highest BCUT2D eigenvalue weighted by Crippen LogP contribution is 2.23. The third-order valence-corrected chi connectivity index (χ3v) is 2.28. The van der Waals surface area contributed by atoms with Crippen LogP contribution in [0.5, 0.6) is 0 Å². The van der Waals surface area contributed by atoms with Gasteiger partial charge in [0.05, 0.1) is 5.92 Å². The molecule has 2 N–H and O–H groups in total.